The number of rotatable bonds is 7. The molecule has 1 fully saturated rings. The number of likely N-dealkylation sites (N-methyl/N-ethyl adjacent to an activating group) is 1. The van der Waals surface area contributed by atoms with Crippen molar-refractivity contribution in [3.8, 4) is 11.5 Å². The van der Waals surface area contributed by atoms with E-state index in [2.05, 4.69) is 4.98 Å². The number of carbonyl (C=O) groups is 2. The number of likely N-dealkylation sites (tertiary alicyclic amines) is 1. The summed E-state index contributed by atoms with van der Waals surface area (Å²) in [6.07, 6.45) is 0.420. The largest absolute Gasteiger partial charge is 0.497 e. The van der Waals surface area contributed by atoms with E-state index in [1.807, 2.05) is 0 Å². The van der Waals surface area contributed by atoms with Crippen molar-refractivity contribution >= 4 is 50.7 Å². The molecule has 1 saturated heterocycles. The fourth-order valence-corrected chi connectivity index (χ4v) is 7.77. The zero-order chi connectivity index (χ0) is 30.6. The van der Waals surface area contributed by atoms with Crippen molar-refractivity contribution in [3.63, 3.8) is 0 Å². The van der Waals surface area contributed by atoms with Crippen LogP contribution in [-0.2, 0) is 25.2 Å². The summed E-state index contributed by atoms with van der Waals surface area (Å²) in [5, 5.41) is 11.0. The van der Waals surface area contributed by atoms with Crippen LogP contribution in [0.3, 0.4) is 0 Å². The van der Waals surface area contributed by atoms with Crippen LogP contribution < -0.4 is 13.8 Å². The summed E-state index contributed by atoms with van der Waals surface area (Å²) in [5.74, 6) is -1.04. The van der Waals surface area contributed by atoms with E-state index in [0.717, 1.165) is 0 Å². The van der Waals surface area contributed by atoms with E-state index in [4.69, 9.17) is 32.7 Å². The molecule has 0 radical (unpaired) electrons. The maximum absolute atomic E-state index is 15.0. The number of fused-ring (bicyclic) bond motifs is 1. The summed E-state index contributed by atoms with van der Waals surface area (Å²) in [5.41, 5.74) is -1.71. The van der Waals surface area contributed by atoms with Crippen LogP contribution in [0.4, 0.5) is 5.69 Å². The first-order valence-corrected chi connectivity index (χ1v) is 15.0. The lowest BCUT2D eigenvalue weighted by Crippen LogP contribution is -2.59. The summed E-state index contributed by atoms with van der Waals surface area (Å²) in [6.45, 7) is -0.146. The van der Waals surface area contributed by atoms with Crippen LogP contribution in [0, 0.1) is 0 Å². The average Bonchev–Trinajstić information content (AvgIpc) is 3.47. The molecule has 14 heteroatoms. The van der Waals surface area contributed by atoms with Gasteiger partial charge < -0.3 is 19.5 Å². The van der Waals surface area contributed by atoms with E-state index >= 15 is 4.79 Å². The third kappa shape index (κ3) is 4.49. The monoisotopic (exact) mass is 634 g/mol. The van der Waals surface area contributed by atoms with Crippen LogP contribution in [0.2, 0.25) is 10.2 Å². The van der Waals surface area contributed by atoms with Crippen LogP contribution in [-0.4, -0.2) is 87.1 Å². The number of benzene rings is 2. The Kier molecular flexibility index (Phi) is 7.88. The van der Waals surface area contributed by atoms with Gasteiger partial charge in [0.2, 0.25) is 5.91 Å². The number of aliphatic hydroxyl groups excluding tert-OH is 1. The highest BCUT2D eigenvalue weighted by Gasteiger charge is 2.64. The molecular weight excluding hydrogens is 607 g/mol. The Bertz CT molecular complexity index is 1690. The molecule has 222 valence electrons. The highest BCUT2D eigenvalue weighted by Crippen LogP contribution is 2.54. The van der Waals surface area contributed by atoms with Gasteiger partial charge in [0.25, 0.3) is 15.9 Å². The number of aromatic nitrogens is 1. The Hall–Kier alpha value is -3.42. The minimum atomic E-state index is -4.66. The third-order valence-corrected chi connectivity index (χ3v) is 9.81. The van der Waals surface area contributed by atoms with Crippen molar-refractivity contribution in [2.45, 2.75) is 29.0 Å². The number of sulfonamides is 1. The number of methoxy groups -OCH3 is 2. The number of β-amino-alcohol motifs (C(OH)–C–C–N with tert-alkyl or cyclic N) is 1. The third-order valence-electron chi connectivity index (χ3n) is 7.53. The number of hydrogen-bond acceptors (Lipinski definition) is 9. The first-order valence-electron chi connectivity index (χ1n) is 12.8. The molecule has 0 saturated carbocycles. The van der Waals surface area contributed by atoms with Gasteiger partial charge >= 0.3 is 0 Å². The van der Waals surface area contributed by atoms with Gasteiger partial charge in [0, 0.05) is 49.1 Å². The van der Waals surface area contributed by atoms with Crippen molar-refractivity contribution in [1.29, 1.82) is 0 Å². The maximum atomic E-state index is 15.0. The molecule has 1 unspecified atom stereocenters. The SMILES string of the molecule is COc1ccc(S(=O)(=O)N2C(=O)C(c3cccnc3Cl)(N3C[C@H](O)C[C@H]3C(=O)N(C)C)c3cc(Cl)ccc32)c(OC)c1. The summed E-state index contributed by atoms with van der Waals surface area (Å²) in [4.78, 5) is 35.2. The molecule has 3 heterocycles. The number of halogens is 2. The van der Waals surface area contributed by atoms with E-state index in [-0.39, 0.29) is 56.5 Å². The highest BCUT2D eigenvalue weighted by atomic mass is 35.5. The van der Waals surface area contributed by atoms with Crippen molar-refractivity contribution in [3.05, 3.63) is 76.0 Å². The normalized spacial score (nSPS) is 22.3. The number of nitrogens with zero attached hydrogens (tertiary/aromatic N) is 4. The molecule has 1 N–H and O–H groups in total. The van der Waals surface area contributed by atoms with Gasteiger partial charge in [0.05, 0.1) is 32.1 Å². The van der Waals surface area contributed by atoms with Crippen LogP contribution in [0.1, 0.15) is 17.5 Å². The van der Waals surface area contributed by atoms with Crippen LogP contribution >= 0.6 is 23.2 Å². The van der Waals surface area contributed by atoms with Crippen molar-refractivity contribution in [1.82, 2.24) is 14.8 Å². The molecule has 11 nitrogen and oxygen atoms in total. The Balaban J connectivity index is 1.85. The number of amides is 2. The fourth-order valence-electron chi connectivity index (χ4n) is 5.74. The van der Waals surface area contributed by atoms with Crippen molar-refractivity contribution < 1.29 is 32.6 Å². The predicted octanol–water partition coefficient (Wildman–Crippen LogP) is 2.91. The smallest absolute Gasteiger partial charge is 0.274 e. The molecule has 2 amide bonds. The lowest BCUT2D eigenvalue weighted by Gasteiger charge is -2.41. The molecule has 2 aliphatic rings. The van der Waals surface area contributed by atoms with E-state index in [9.17, 15) is 18.3 Å². The second-order valence-corrected chi connectivity index (χ2v) is 12.6. The molecule has 42 heavy (non-hydrogen) atoms. The van der Waals surface area contributed by atoms with E-state index < -0.39 is 33.6 Å². The van der Waals surface area contributed by atoms with Gasteiger partial charge in [0.15, 0.2) is 5.54 Å². The minimum Gasteiger partial charge on any atom is -0.497 e. The van der Waals surface area contributed by atoms with E-state index in [0.29, 0.717) is 10.1 Å². The van der Waals surface area contributed by atoms with Gasteiger partial charge in [-0.2, -0.15) is 0 Å². The van der Waals surface area contributed by atoms with Gasteiger partial charge in [-0.1, -0.05) is 29.3 Å². The van der Waals surface area contributed by atoms with Gasteiger partial charge in [-0.15, -0.1) is 0 Å². The minimum absolute atomic E-state index is 0.000340. The number of aliphatic hydroxyl groups is 1. The number of pyridine rings is 1. The highest BCUT2D eigenvalue weighted by molar-refractivity contribution is 7.93. The molecule has 3 aromatic rings. The first kappa shape index (κ1) is 30.1. The predicted molar refractivity (Wildman–Crippen MR) is 156 cm³/mol. The molecule has 0 bridgehead atoms. The molecule has 5 rings (SSSR count). The zero-order valence-electron chi connectivity index (χ0n) is 23.1. The Morgan fingerprint density at radius 3 is 2.48 bits per heavy atom. The quantitative estimate of drug-likeness (QED) is 0.390. The number of ether oxygens (including phenoxy) is 2. The van der Waals surface area contributed by atoms with Crippen LogP contribution in [0.5, 0.6) is 11.5 Å². The molecule has 0 aliphatic carbocycles. The molecule has 2 aromatic carbocycles. The summed E-state index contributed by atoms with van der Waals surface area (Å²) in [6, 6.07) is 10.6. The first-order chi connectivity index (χ1) is 19.9. The molecule has 3 atom stereocenters. The maximum Gasteiger partial charge on any atom is 0.274 e. The molecular formula is C28H28Cl2N4O7S. The van der Waals surface area contributed by atoms with Gasteiger partial charge in [-0.05, 0) is 42.8 Å². The average molecular weight is 636 g/mol. The fraction of sp³-hybridized carbons (Fsp3) is 0.321. The Labute approximate surface area is 253 Å². The lowest BCUT2D eigenvalue weighted by atomic mass is 9.82. The summed E-state index contributed by atoms with van der Waals surface area (Å²) in [7, 11) is 1.19. The van der Waals surface area contributed by atoms with Crippen LogP contribution in [0.15, 0.2) is 59.6 Å². The molecule has 2 aliphatic heterocycles. The van der Waals surface area contributed by atoms with Gasteiger partial charge in [-0.25, -0.2) is 17.7 Å². The number of hydrogen-bond donors (Lipinski definition) is 1. The Morgan fingerprint density at radius 1 is 1.10 bits per heavy atom. The standard InChI is InChI=1S/C28H28Cl2N4O7S/c1-32(2)26(36)22-13-17(35)15-33(22)28(19-6-5-11-31-25(19)30)20-12-16(29)7-9-21(20)34(27(28)37)42(38,39)24-10-8-18(40-3)14-23(24)41-4/h5-12,14,17,22,35H,13,15H2,1-4H3/t17-,22+,28?/m1/s1. The lowest BCUT2D eigenvalue weighted by molar-refractivity contribution is -0.138. The number of anilines is 1. The van der Waals surface area contributed by atoms with E-state index in [1.165, 1.54) is 66.6 Å². The topological polar surface area (TPSA) is 130 Å². The summed E-state index contributed by atoms with van der Waals surface area (Å²) < 4.78 is 40.1. The van der Waals surface area contributed by atoms with Crippen molar-refractivity contribution in [2.24, 2.45) is 0 Å². The second-order valence-electron chi connectivity index (χ2n) is 10.1. The molecule has 1 aromatic heterocycles. The van der Waals surface area contributed by atoms with Gasteiger partial charge in [0.1, 0.15) is 21.5 Å². The number of carbonyl (C=O) groups excluding carboxylic acids is 2. The van der Waals surface area contributed by atoms with Crippen molar-refractivity contribution in [2.75, 3.05) is 39.2 Å². The van der Waals surface area contributed by atoms with Gasteiger partial charge in [-0.3, -0.25) is 14.5 Å². The Morgan fingerprint density at radius 2 is 1.83 bits per heavy atom. The van der Waals surface area contributed by atoms with Crippen LogP contribution in [0.25, 0.3) is 0 Å². The second kappa shape index (κ2) is 11.0. The molecule has 0 spiro atoms. The van der Waals surface area contributed by atoms with E-state index in [1.54, 1.807) is 26.2 Å². The summed E-state index contributed by atoms with van der Waals surface area (Å²) >= 11 is 13.1. The zero-order valence-corrected chi connectivity index (χ0v) is 25.4.